The Kier molecular flexibility index (Phi) is 3.73. The molecule has 5 nitrogen and oxygen atoms in total. The van der Waals surface area contributed by atoms with Gasteiger partial charge in [-0.05, 0) is 31.8 Å². The first kappa shape index (κ1) is 12.8. The fourth-order valence-corrected chi connectivity index (χ4v) is 4.27. The van der Waals surface area contributed by atoms with Gasteiger partial charge in [-0.1, -0.05) is 6.92 Å². The Morgan fingerprint density at radius 2 is 2.12 bits per heavy atom. The summed E-state index contributed by atoms with van der Waals surface area (Å²) < 4.78 is 22.6. The molecular formula is C11H20N2O3S. The third kappa shape index (κ3) is 3.19. The van der Waals surface area contributed by atoms with Gasteiger partial charge in [-0.25, -0.2) is 8.42 Å². The molecule has 2 aliphatic rings. The standard InChI is InChI=1S/C11H20N2O3S/c1-8-6-12-4-2-10(8)13-11(14)9-3-5-17(15,16)7-9/h8-10,12H,2-7H2,1H3,(H,13,14). The Labute approximate surface area is 102 Å². The zero-order valence-corrected chi connectivity index (χ0v) is 10.9. The molecule has 2 fully saturated rings. The first-order chi connectivity index (χ1) is 7.98. The van der Waals surface area contributed by atoms with E-state index in [1.807, 2.05) is 0 Å². The highest BCUT2D eigenvalue weighted by Crippen LogP contribution is 2.19. The van der Waals surface area contributed by atoms with Crippen molar-refractivity contribution in [1.29, 1.82) is 0 Å². The Balaban J connectivity index is 1.89. The van der Waals surface area contributed by atoms with E-state index in [1.165, 1.54) is 0 Å². The van der Waals surface area contributed by atoms with E-state index in [9.17, 15) is 13.2 Å². The number of hydrogen-bond donors (Lipinski definition) is 2. The molecule has 3 unspecified atom stereocenters. The fraction of sp³-hybridized carbons (Fsp3) is 0.909. The van der Waals surface area contributed by atoms with Gasteiger partial charge in [-0.2, -0.15) is 0 Å². The van der Waals surface area contributed by atoms with Gasteiger partial charge in [0.25, 0.3) is 0 Å². The number of nitrogens with one attached hydrogen (secondary N) is 2. The van der Waals surface area contributed by atoms with Crippen molar-refractivity contribution >= 4 is 15.7 Å². The van der Waals surface area contributed by atoms with Gasteiger partial charge in [0.2, 0.25) is 5.91 Å². The van der Waals surface area contributed by atoms with Gasteiger partial charge in [0.15, 0.2) is 9.84 Å². The second-order valence-corrected chi connectivity index (χ2v) is 7.41. The third-order valence-corrected chi connectivity index (χ3v) is 5.48. The molecule has 17 heavy (non-hydrogen) atoms. The molecule has 6 heteroatoms. The van der Waals surface area contributed by atoms with E-state index in [-0.39, 0.29) is 29.4 Å². The summed E-state index contributed by atoms with van der Waals surface area (Å²) in [6, 6.07) is 0.187. The summed E-state index contributed by atoms with van der Waals surface area (Å²) in [6.45, 7) is 3.93. The monoisotopic (exact) mass is 260 g/mol. The lowest BCUT2D eigenvalue weighted by Gasteiger charge is -2.30. The molecule has 1 amide bonds. The maximum absolute atomic E-state index is 12.0. The Morgan fingerprint density at radius 3 is 2.71 bits per heavy atom. The quantitative estimate of drug-likeness (QED) is 0.704. The van der Waals surface area contributed by atoms with Gasteiger partial charge in [-0.15, -0.1) is 0 Å². The summed E-state index contributed by atoms with van der Waals surface area (Å²) in [6.07, 6.45) is 1.40. The summed E-state index contributed by atoms with van der Waals surface area (Å²) in [7, 11) is -2.97. The highest BCUT2D eigenvalue weighted by molar-refractivity contribution is 7.91. The number of rotatable bonds is 2. The van der Waals surface area contributed by atoms with Crippen molar-refractivity contribution in [3.05, 3.63) is 0 Å². The first-order valence-corrected chi connectivity index (χ1v) is 8.01. The summed E-state index contributed by atoms with van der Waals surface area (Å²) in [4.78, 5) is 12.0. The van der Waals surface area contributed by atoms with E-state index in [0.717, 1.165) is 19.5 Å². The molecular weight excluding hydrogens is 240 g/mol. The van der Waals surface area contributed by atoms with E-state index < -0.39 is 9.84 Å². The first-order valence-electron chi connectivity index (χ1n) is 6.19. The van der Waals surface area contributed by atoms with Crippen molar-refractivity contribution in [3.8, 4) is 0 Å². The van der Waals surface area contributed by atoms with Crippen LogP contribution >= 0.6 is 0 Å². The molecule has 98 valence electrons. The molecule has 2 saturated heterocycles. The molecule has 0 aromatic rings. The smallest absolute Gasteiger partial charge is 0.224 e. The highest BCUT2D eigenvalue weighted by atomic mass is 32.2. The number of carbonyl (C=O) groups is 1. The zero-order chi connectivity index (χ0) is 12.5. The topological polar surface area (TPSA) is 75.3 Å². The lowest BCUT2D eigenvalue weighted by molar-refractivity contribution is -0.125. The minimum atomic E-state index is -2.97. The van der Waals surface area contributed by atoms with Crippen molar-refractivity contribution < 1.29 is 13.2 Å². The van der Waals surface area contributed by atoms with Crippen LogP contribution in [0.15, 0.2) is 0 Å². The Bertz CT molecular complexity index is 394. The maximum Gasteiger partial charge on any atom is 0.224 e. The molecule has 0 aromatic heterocycles. The van der Waals surface area contributed by atoms with Crippen LogP contribution < -0.4 is 10.6 Å². The molecule has 0 spiro atoms. The van der Waals surface area contributed by atoms with Crippen LogP contribution in [0.3, 0.4) is 0 Å². The molecule has 2 heterocycles. The van der Waals surface area contributed by atoms with Gasteiger partial charge in [-0.3, -0.25) is 4.79 Å². The van der Waals surface area contributed by atoms with Crippen LogP contribution in [0.2, 0.25) is 0 Å². The maximum atomic E-state index is 12.0. The fourth-order valence-electron chi connectivity index (χ4n) is 2.53. The molecule has 2 aliphatic heterocycles. The molecule has 0 aromatic carbocycles. The average molecular weight is 260 g/mol. The van der Waals surface area contributed by atoms with Crippen LogP contribution in [-0.4, -0.2) is 45.0 Å². The van der Waals surface area contributed by atoms with Crippen LogP contribution in [0.1, 0.15) is 19.8 Å². The van der Waals surface area contributed by atoms with Crippen molar-refractivity contribution in [2.75, 3.05) is 24.6 Å². The van der Waals surface area contributed by atoms with Crippen molar-refractivity contribution in [3.63, 3.8) is 0 Å². The number of hydrogen-bond acceptors (Lipinski definition) is 4. The van der Waals surface area contributed by atoms with Gasteiger partial charge in [0.05, 0.1) is 17.4 Å². The summed E-state index contributed by atoms with van der Waals surface area (Å²) in [5.74, 6) is 0.183. The SMILES string of the molecule is CC1CNCCC1NC(=O)C1CCS(=O)(=O)C1. The number of carbonyl (C=O) groups excluding carboxylic acids is 1. The molecule has 2 rings (SSSR count). The van der Waals surface area contributed by atoms with Crippen molar-refractivity contribution in [2.45, 2.75) is 25.8 Å². The molecule has 0 aliphatic carbocycles. The highest BCUT2D eigenvalue weighted by Gasteiger charge is 2.34. The molecule has 2 N–H and O–H groups in total. The van der Waals surface area contributed by atoms with E-state index in [4.69, 9.17) is 0 Å². The van der Waals surface area contributed by atoms with E-state index in [1.54, 1.807) is 0 Å². The van der Waals surface area contributed by atoms with Crippen LogP contribution in [0, 0.1) is 11.8 Å². The molecule has 3 atom stereocenters. The van der Waals surface area contributed by atoms with E-state index in [0.29, 0.717) is 12.3 Å². The summed E-state index contributed by atoms with van der Waals surface area (Å²) in [5.41, 5.74) is 0. The summed E-state index contributed by atoms with van der Waals surface area (Å²) in [5, 5.41) is 6.28. The second-order valence-electron chi connectivity index (χ2n) is 5.19. The Morgan fingerprint density at radius 1 is 1.35 bits per heavy atom. The lowest BCUT2D eigenvalue weighted by Crippen LogP contribution is -2.50. The normalized spacial score (nSPS) is 36.6. The summed E-state index contributed by atoms with van der Waals surface area (Å²) >= 11 is 0. The van der Waals surface area contributed by atoms with Gasteiger partial charge >= 0.3 is 0 Å². The number of sulfone groups is 1. The van der Waals surface area contributed by atoms with Crippen LogP contribution in [0.25, 0.3) is 0 Å². The van der Waals surface area contributed by atoms with E-state index in [2.05, 4.69) is 17.6 Å². The lowest BCUT2D eigenvalue weighted by atomic mass is 9.94. The predicted octanol–water partition coefficient (Wildman–Crippen LogP) is -0.465. The van der Waals surface area contributed by atoms with Crippen molar-refractivity contribution in [1.82, 2.24) is 10.6 Å². The largest absolute Gasteiger partial charge is 0.353 e. The van der Waals surface area contributed by atoms with Gasteiger partial charge in [0.1, 0.15) is 0 Å². The second kappa shape index (κ2) is 4.94. The van der Waals surface area contributed by atoms with E-state index >= 15 is 0 Å². The van der Waals surface area contributed by atoms with Crippen molar-refractivity contribution in [2.24, 2.45) is 11.8 Å². The third-order valence-electron chi connectivity index (χ3n) is 3.72. The zero-order valence-electron chi connectivity index (χ0n) is 10.1. The van der Waals surface area contributed by atoms with Crippen LogP contribution in [0.5, 0.6) is 0 Å². The number of amides is 1. The molecule has 0 bridgehead atoms. The average Bonchev–Trinajstić information content (AvgIpc) is 2.62. The Hall–Kier alpha value is -0.620. The van der Waals surface area contributed by atoms with Gasteiger partial charge < -0.3 is 10.6 Å². The van der Waals surface area contributed by atoms with Crippen LogP contribution in [0.4, 0.5) is 0 Å². The minimum absolute atomic E-state index is 0.0260. The molecule has 0 radical (unpaired) electrons. The minimum Gasteiger partial charge on any atom is -0.353 e. The van der Waals surface area contributed by atoms with Crippen LogP contribution in [-0.2, 0) is 14.6 Å². The predicted molar refractivity (Wildman–Crippen MR) is 65.3 cm³/mol. The van der Waals surface area contributed by atoms with Gasteiger partial charge in [0, 0.05) is 6.04 Å². The molecule has 0 saturated carbocycles. The number of piperidine rings is 1.